The smallest absolute Gasteiger partial charge is 0.223 e. The molecule has 4 heteroatoms. The summed E-state index contributed by atoms with van der Waals surface area (Å²) in [5.41, 5.74) is -0.631. The quantitative estimate of drug-likeness (QED) is 0.590. The first-order chi connectivity index (χ1) is 6.07. The molecule has 1 amide bonds. The van der Waals surface area contributed by atoms with Crippen LogP contribution in [-0.4, -0.2) is 47.7 Å². The van der Waals surface area contributed by atoms with Crippen molar-refractivity contribution in [3.63, 3.8) is 0 Å². The van der Waals surface area contributed by atoms with Gasteiger partial charge in [0.2, 0.25) is 5.91 Å². The summed E-state index contributed by atoms with van der Waals surface area (Å²) in [6.45, 7) is 4.71. The van der Waals surface area contributed by atoms with E-state index >= 15 is 0 Å². The van der Waals surface area contributed by atoms with Gasteiger partial charge in [0.15, 0.2) is 0 Å². The Kier molecular flexibility index (Phi) is 2.04. The van der Waals surface area contributed by atoms with E-state index in [0.29, 0.717) is 25.4 Å². The van der Waals surface area contributed by atoms with Gasteiger partial charge in [0.1, 0.15) is 0 Å². The number of carbonyl (C=O) groups is 1. The van der Waals surface area contributed by atoms with Crippen LogP contribution in [0.1, 0.15) is 13.3 Å². The van der Waals surface area contributed by atoms with Gasteiger partial charge in [0, 0.05) is 6.42 Å². The van der Waals surface area contributed by atoms with Crippen molar-refractivity contribution in [2.75, 3.05) is 26.2 Å². The third-order valence-electron chi connectivity index (χ3n) is 2.75. The maximum atomic E-state index is 11.5. The van der Waals surface area contributed by atoms with Crippen molar-refractivity contribution in [1.29, 1.82) is 0 Å². The van der Waals surface area contributed by atoms with E-state index in [1.807, 2.05) is 0 Å². The molecule has 0 aliphatic carbocycles. The van der Waals surface area contributed by atoms with Crippen LogP contribution in [0.25, 0.3) is 0 Å². The highest BCUT2D eigenvalue weighted by Gasteiger charge is 2.39. The van der Waals surface area contributed by atoms with Gasteiger partial charge in [-0.05, 0) is 25.9 Å². The third-order valence-corrected chi connectivity index (χ3v) is 2.75. The molecule has 2 heterocycles. The van der Waals surface area contributed by atoms with Gasteiger partial charge in [-0.15, -0.1) is 0 Å². The molecule has 2 N–H and O–H groups in total. The molecule has 0 bridgehead atoms. The highest BCUT2D eigenvalue weighted by atomic mass is 16.3. The minimum absolute atomic E-state index is 0.193. The monoisotopic (exact) mass is 184 g/mol. The number of carbonyl (C=O) groups excluding carboxylic acids is 1. The van der Waals surface area contributed by atoms with Gasteiger partial charge in [-0.1, -0.05) is 0 Å². The van der Waals surface area contributed by atoms with Crippen molar-refractivity contribution in [2.45, 2.75) is 18.9 Å². The van der Waals surface area contributed by atoms with E-state index in [1.54, 1.807) is 11.8 Å². The molecule has 74 valence electrons. The Balaban J connectivity index is 1.73. The summed E-state index contributed by atoms with van der Waals surface area (Å²) >= 11 is 0. The first-order valence-corrected chi connectivity index (χ1v) is 4.78. The zero-order chi connectivity index (χ0) is 9.47. The number of hydrogen-bond acceptors (Lipinski definition) is 3. The van der Waals surface area contributed by atoms with Crippen LogP contribution >= 0.6 is 0 Å². The second kappa shape index (κ2) is 2.96. The number of β-amino-alcohol motifs (C(OH)–C–C–N with tert-alkyl or cyclic N) is 1. The van der Waals surface area contributed by atoms with Crippen LogP contribution < -0.4 is 5.32 Å². The first kappa shape index (κ1) is 8.97. The molecule has 4 nitrogen and oxygen atoms in total. The van der Waals surface area contributed by atoms with E-state index in [2.05, 4.69) is 5.32 Å². The topological polar surface area (TPSA) is 52.6 Å². The molecule has 2 saturated heterocycles. The third kappa shape index (κ3) is 1.84. The van der Waals surface area contributed by atoms with Crippen molar-refractivity contribution in [2.24, 2.45) is 5.92 Å². The number of nitrogens with one attached hydrogen (secondary N) is 1. The van der Waals surface area contributed by atoms with E-state index < -0.39 is 5.60 Å². The van der Waals surface area contributed by atoms with Crippen LogP contribution in [0.3, 0.4) is 0 Å². The van der Waals surface area contributed by atoms with Crippen LogP contribution in [0.5, 0.6) is 0 Å². The van der Waals surface area contributed by atoms with Crippen molar-refractivity contribution >= 4 is 5.91 Å². The number of likely N-dealkylation sites (tertiary alicyclic amines) is 1. The number of hydrogen-bond donors (Lipinski definition) is 2. The lowest BCUT2D eigenvalue weighted by molar-refractivity contribution is -0.153. The van der Waals surface area contributed by atoms with Gasteiger partial charge in [-0.3, -0.25) is 4.79 Å². The van der Waals surface area contributed by atoms with Gasteiger partial charge in [-0.2, -0.15) is 0 Å². The summed E-state index contributed by atoms with van der Waals surface area (Å²) in [7, 11) is 0. The number of amides is 1. The Labute approximate surface area is 77.9 Å². The molecule has 0 aromatic rings. The Morgan fingerprint density at radius 2 is 2.23 bits per heavy atom. The van der Waals surface area contributed by atoms with Gasteiger partial charge in [-0.25, -0.2) is 0 Å². The average molecular weight is 184 g/mol. The molecule has 0 atom stereocenters. The summed E-state index contributed by atoms with van der Waals surface area (Å²) in [4.78, 5) is 13.2. The van der Waals surface area contributed by atoms with E-state index in [0.717, 1.165) is 13.1 Å². The number of nitrogens with zero attached hydrogens (tertiary/aromatic N) is 1. The molecule has 0 unspecified atom stereocenters. The number of aliphatic hydroxyl groups is 1. The minimum Gasteiger partial charge on any atom is -0.386 e. The average Bonchev–Trinajstić information content (AvgIpc) is 1.91. The number of rotatable bonds is 2. The normalized spacial score (nSPS) is 26.5. The molecular weight excluding hydrogens is 168 g/mol. The van der Waals surface area contributed by atoms with Gasteiger partial charge in [0.25, 0.3) is 0 Å². The standard InChI is InChI=1S/C9H16N2O2/c1-9(13)5-11(6-9)8(12)2-7-3-10-4-7/h7,10,13H,2-6H2,1H3. The zero-order valence-corrected chi connectivity index (χ0v) is 7.92. The fraction of sp³-hybridized carbons (Fsp3) is 0.889. The molecule has 0 aromatic heterocycles. The van der Waals surface area contributed by atoms with Crippen LogP contribution in [0.4, 0.5) is 0 Å². The lowest BCUT2D eigenvalue weighted by Gasteiger charge is -2.45. The van der Waals surface area contributed by atoms with E-state index in [1.165, 1.54) is 0 Å². The van der Waals surface area contributed by atoms with E-state index in [9.17, 15) is 9.90 Å². The summed E-state index contributed by atoms with van der Waals surface area (Å²) in [6.07, 6.45) is 0.642. The Hall–Kier alpha value is -0.610. The first-order valence-electron chi connectivity index (χ1n) is 4.78. The molecule has 2 aliphatic heterocycles. The van der Waals surface area contributed by atoms with E-state index in [-0.39, 0.29) is 5.91 Å². The molecule has 13 heavy (non-hydrogen) atoms. The maximum Gasteiger partial charge on any atom is 0.223 e. The highest BCUT2D eigenvalue weighted by molar-refractivity contribution is 5.77. The van der Waals surface area contributed by atoms with Gasteiger partial charge in [0.05, 0.1) is 18.7 Å². The van der Waals surface area contributed by atoms with Crippen LogP contribution in [-0.2, 0) is 4.79 Å². The summed E-state index contributed by atoms with van der Waals surface area (Å²) in [5.74, 6) is 0.719. The Bertz CT molecular complexity index is 216. The van der Waals surface area contributed by atoms with Crippen LogP contribution in [0.15, 0.2) is 0 Å². The minimum atomic E-state index is -0.631. The molecule has 0 spiro atoms. The van der Waals surface area contributed by atoms with Crippen molar-refractivity contribution in [3.05, 3.63) is 0 Å². The van der Waals surface area contributed by atoms with Crippen LogP contribution in [0, 0.1) is 5.92 Å². The predicted octanol–water partition coefficient (Wildman–Crippen LogP) is -0.811. The largest absolute Gasteiger partial charge is 0.386 e. The second-order valence-corrected chi connectivity index (χ2v) is 4.48. The second-order valence-electron chi connectivity index (χ2n) is 4.48. The fourth-order valence-electron chi connectivity index (χ4n) is 1.82. The molecule has 0 aromatic carbocycles. The zero-order valence-electron chi connectivity index (χ0n) is 7.92. The van der Waals surface area contributed by atoms with Crippen molar-refractivity contribution < 1.29 is 9.90 Å². The lowest BCUT2D eigenvalue weighted by atomic mass is 9.93. The molecule has 2 fully saturated rings. The Morgan fingerprint density at radius 1 is 1.62 bits per heavy atom. The molecule has 2 aliphatic rings. The molecule has 0 saturated carbocycles. The predicted molar refractivity (Wildman–Crippen MR) is 48.2 cm³/mol. The maximum absolute atomic E-state index is 11.5. The summed E-state index contributed by atoms with van der Waals surface area (Å²) in [6, 6.07) is 0. The fourth-order valence-corrected chi connectivity index (χ4v) is 1.82. The molecule has 2 rings (SSSR count). The molecule has 0 radical (unpaired) electrons. The van der Waals surface area contributed by atoms with Crippen molar-refractivity contribution in [3.8, 4) is 0 Å². The van der Waals surface area contributed by atoms with Crippen molar-refractivity contribution in [1.82, 2.24) is 10.2 Å². The highest BCUT2D eigenvalue weighted by Crippen LogP contribution is 2.22. The lowest BCUT2D eigenvalue weighted by Crippen LogP contribution is -2.62. The van der Waals surface area contributed by atoms with Gasteiger partial charge >= 0.3 is 0 Å². The summed E-state index contributed by atoms with van der Waals surface area (Å²) < 4.78 is 0. The SMILES string of the molecule is CC1(O)CN(C(=O)CC2CNC2)C1. The summed E-state index contributed by atoms with van der Waals surface area (Å²) in [5, 5.41) is 12.6. The molecular formula is C9H16N2O2. The van der Waals surface area contributed by atoms with Gasteiger partial charge < -0.3 is 15.3 Å². The van der Waals surface area contributed by atoms with Crippen LogP contribution in [0.2, 0.25) is 0 Å². The van der Waals surface area contributed by atoms with E-state index in [4.69, 9.17) is 0 Å². The Morgan fingerprint density at radius 3 is 2.62 bits per heavy atom.